The van der Waals surface area contributed by atoms with E-state index in [4.69, 9.17) is 4.98 Å². The Morgan fingerprint density at radius 3 is 2.19 bits per heavy atom. The molecule has 6 nitrogen and oxygen atoms in total. The lowest BCUT2D eigenvalue weighted by Gasteiger charge is -2.41. The van der Waals surface area contributed by atoms with E-state index in [1.807, 2.05) is 6.33 Å². The zero-order chi connectivity index (χ0) is 27.6. The van der Waals surface area contributed by atoms with Crippen molar-refractivity contribution in [1.29, 1.82) is 0 Å². The first-order chi connectivity index (χ1) is 20.2. The second kappa shape index (κ2) is 14.6. The van der Waals surface area contributed by atoms with Crippen molar-refractivity contribution in [2.24, 2.45) is 11.8 Å². The van der Waals surface area contributed by atoms with Crippen molar-refractivity contribution in [3.8, 4) is 11.3 Å². The van der Waals surface area contributed by atoms with E-state index in [0.29, 0.717) is 24.3 Å². The standard InChI is InChI=1S/C35H45N5O.2ClH/c41-35(39-20-19-36-22-30(39)21-26-9-3-1-4-10-26)33-34(29-11-5-2-6-12-29)40(25-37-33)32-14-8-7-13-31(32)38(23-27-15-16-27)24-28-17-18-28;;/h1-6,9-12,25,27-28,30-32,36H,7-8,13-24H2;2*1H/t30-,31-,32+;;/m1../s1. The molecule has 43 heavy (non-hydrogen) atoms. The number of halogens is 2. The molecule has 0 bridgehead atoms. The minimum absolute atomic E-state index is 0. The average molecular weight is 625 g/mol. The van der Waals surface area contributed by atoms with E-state index >= 15 is 0 Å². The Balaban J connectivity index is 0.00000184. The highest BCUT2D eigenvalue weighted by molar-refractivity contribution is 5.98. The van der Waals surface area contributed by atoms with Crippen LogP contribution in [0.5, 0.6) is 0 Å². The summed E-state index contributed by atoms with van der Waals surface area (Å²) in [4.78, 5) is 24.3. The topological polar surface area (TPSA) is 53.4 Å². The number of amides is 1. The van der Waals surface area contributed by atoms with E-state index < -0.39 is 0 Å². The second-order valence-corrected chi connectivity index (χ2v) is 13.0. The number of nitrogens with zero attached hydrogens (tertiary/aromatic N) is 4. The molecule has 2 heterocycles. The summed E-state index contributed by atoms with van der Waals surface area (Å²) in [6, 6.07) is 22.1. The van der Waals surface area contributed by atoms with Gasteiger partial charge < -0.3 is 14.8 Å². The summed E-state index contributed by atoms with van der Waals surface area (Å²) < 4.78 is 2.42. The minimum Gasteiger partial charge on any atom is -0.331 e. The number of nitrogens with one attached hydrogen (secondary N) is 1. The van der Waals surface area contributed by atoms with Crippen LogP contribution in [0.3, 0.4) is 0 Å². The number of imidazole rings is 1. The van der Waals surface area contributed by atoms with Crippen LogP contribution in [0.2, 0.25) is 0 Å². The van der Waals surface area contributed by atoms with Crippen molar-refractivity contribution in [2.45, 2.75) is 75.9 Å². The van der Waals surface area contributed by atoms with E-state index in [9.17, 15) is 4.79 Å². The fourth-order valence-electron chi connectivity index (χ4n) is 7.34. The average Bonchev–Trinajstić information content (AvgIpc) is 3.97. The molecule has 2 aromatic carbocycles. The van der Waals surface area contributed by atoms with Crippen molar-refractivity contribution in [2.75, 3.05) is 32.7 Å². The first-order valence-corrected chi connectivity index (χ1v) is 16.2. The molecule has 3 aromatic rings. The van der Waals surface area contributed by atoms with Crippen LogP contribution in [-0.4, -0.2) is 70.1 Å². The minimum atomic E-state index is 0. The van der Waals surface area contributed by atoms with Crippen molar-refractivity contribution in [1.82, 2.24) is 24.7 Å². The lowest BCUT2D eigenvalue weighted by molar-refractivity contribution is 0.0631. The second-order valence-electron chi connectivity index (χ2n) is 13.0. The summed E-state index contributed by atoms with van der Waals surface area (Å²) in [6.07, 6.45) is 13.4. The highest BCUT2D eigenvalue weighted by atomic mass is 35.5. The maximum Gasteiger partial charge on any atom is 0.275 e. The highest BCUT2D eigenvalue weighted by Crippen LogP contribution is 2.41. The Kier molecular flexibility index (Phi) is 10.9. The molecule has 3 saturated carbocycles. The maximum absolute atomic E-state index is 14.4. The number of aromatic nitrogens is 2. The number of carbonyl (C=O) groups is 1. The van der Waals surface area contributed by atoms with Crippen LogP contribution in [-0.2, 0) is 6.42 Å². The molecule has 0 radical (unpaired) electrons. The lowest BCUT2D eigenvalue weighted by atomic mass is 9.88. The van der Waals surface area contributed by atoms with Gasteiger partial charge in [-0.3, -0.25) is 9.69 Å². The Morgan fingerprint density at radius 1 is 0.860 bits per heavy atom. The molecular formula is C35H47Cl2N5O. The van der Waals surface area contributed by atoms with Gasteiger partial charge in [0.2, 0.25) is 0 Å². The van der Waals surface area contributed by atoms with Gasteiger partial charge in [-0.05, 0) is 62.3 Å². The molecule has 8 heteroatoms. The zero-order valence-electron chi connectivity index (χ0n) is 25.2. The monoisotopic (exact) mass is 623 g/mol. The van der Waals surface area contributed by atoms with Gasteiger partial charge in [0.1, 0.15) is 0 Å². The maximum atomic E-state index is 14.4. The third-order valence-electron chi connectivity index (χ3n) is 9.87. The van der Waals surface area contributed by atoms with Gasteiger partial charge in [-0.15, -0.1) is 24.8 Å². The summed E-state index contributed by atoms with van der Waals surface area (Å²) in [5.74, 6) is 1.85. The molecule has 4 fully saturated rings. The number of benzene rings is 2. The van der Waals surface area contributed by atoms with Gasteiger partial charge in [0, 0.05) is 50.4 Å². The fourth-order valence-corrected chi connectivity index (χ4v) is 7.34. The summed E-state index contributed by atoms with van der Waals surface area (Å²) in [5, 5.41) is 3.53. The first kappa shape index (κ1) is 32.0. The summed E-state index contributed by atoms with van der Waals surface area (Å²) >= 11 is 0. The molecule has 1 aliphatic heterocycles. The van der Waals surface area contributed by atoms with Gasteiger partial charge in [-0.25, -0.2) is 4.98 Å². The molecule has 3 atom stereocenters. The molecular weight excluding hydrogens is 577 g/mol. The van der Waals surface area contributed by atoms with Gasteiger partial charge in [0.15, 0.2) is 5.69 Å². The van der Waals surface area contributed by atoms with Crippen LogP contribution < -0.4 is 5.32 Å². The molecule has 0 unspecified atom stereocenters. The van der Waals surface area contributed by atoms with Crippen LogP contribution in [0.15, 0.2) is 67.0 Å². The van der Waals surface area contributed by atoms with Gasteiger partial charge in [0.25, 0.3) is 5.91 Å². The summed E-state index contributed by atoms with van der Waals surface area (Å²) in [6.45, 7) is 4.84. The number of piperazine rings is 1. The van der Waals surface area contributed by atoms with Crippen molar-refractivity contribution in [3.63, 3.8) is 0 Å². The van der Waals surface area contributed by atoms with Gasteiger partial charge in [-0.1, -0.05) is 73.5 Å². The van der Waals surface area contributed by atoms with Crippen molar-refractivity contribution in [3.05, 3.63) is 78.2 Å². The molecule has 1 N–H and O–H groups in total. The van der Waals surface area contributed by atoms with E-state index in [2.05, 4.69) is 80.3 Å². The number of hydrogen-bond donors (Lipinski definition) is 1. The van der Waals surface area contributed by atoms with Crippen LogP contribution in [0, 0.1) is 11.8 Å². The molecule has 1 amide bonds. The van der Waals surface area contributed by atoms with Crippen LogP contribution in [0.1, 0.15) is 73.5 Å². The van der Waals surface area contributed by atoms with Crippen LogP contribution in [0.25, 0.3) is 11.3 Å². The molecule has 232 valence electrons. The Morgan fingerprint density at radius 2 is 1.51 bits per heavy atom. The number of carbonyl (C=O) groups excluding carboxylic acids is 1. The van der Waals surface area contributed by atoms with Gasteiger partial charge in [0.05, 0.1) is 18.1 Å². The molecule has 4 aliphatic rings. The smallest absolute Gasteiger partial charge is 0.275 e. The quantitative estimate of drug-likeness (QED) is 0.274. The van der Waals surface area contributed by atoms with Crippen molar-refractivity contribution < 1.29 is 4.79 Å². The Hall–Kier alpha value is -2.38. The van der Waals surface area contributed by atoms with E-state index in [1.54, 1.807) is 0 Å². The van der Waals surface area contributed by atoms with Crippen LogP contribution in [0.4, 0.5) is 0 Å². The normalized spacial score (nSPS) is 23.8. The predicted molar refractivity (Wildman–Crippen MR) is 178 cm³/mol. The Labute approximate surface area is 269 Å². The van der Waals surface area contributed by atoms with E-state index in [1.165, 1.54) is 63.6 Å². The first-order valence-electron chi connectivity index (χ1n) is 16.2. The van der Waals surface area contributed by atoms with Crippen LogP contribution >= 0.6 is 24.8 Å². The predicted octanol–water partition coefficient (Wildman–Crippen LogP) is 6.66. The number of rotatable bonds is 10. The molecule has 1 aromatic heterocycles. The van der Waals surface area contributed by atoms with Gasteiger partial charge >= 0.3 is 0 Å². The number of hydrogen-bond acceptors (Lipinski definition) is 4. The molecule has 0 spiro atoms. The zero-order valence-corrected chi connectivity index (χ0v) is 26.8. The van der Waals surface area contributed by atoms with E-state index in [0.717, 1.165) is 49.0 Å². The Bertz CT molecular complexity index is 1300. The molecule has 3 aliphatic carbocycles. The largest absolute Gasteiger partial charge is 0.331 e. The molecule has 1 saturated heterocycles. The third-order valence-corrected chi connectivity index (χ3v) is 9.87. The van der Waals surface area contributed by atoms with E-state index in [-0.39, 0.29) is 36.8 Å². The third kappa shape index (κ3) is 7.47. The highest BCUT2D eigenvalue weighted by Gasteiger charge is 2.39. The summed E-state index contributed by atoms with van der Waals surface area (Å²) in [7, 11) is 0. The summed E-state index contributed by atoms with van der Waals surface area (Å²) in [5.41, 5.74) is 4.01. The fraction of sp³-hybridized carbons (Fsp3) is 0.543. The SMILES string of the molecule is Cl.Cl.O=C(c1ncn([C@H]2CCCC[C@H]2N(CC2CC2)CC2CC2)c1-c1ccccc1)N1CCNC[C@H]1Cc1ccccc1. The lowest BCUT2D eigenvalue weighted by Crippen LogP contribution is -2.54. The molecule has 7 rings (SSSR count). The van der Waals surface area contributed by atoms with Gasteiger partial charge in [-0.2, -0.15) is 0 Å². The van der Waals surface area contributed by atoms with Crippen molar-refractivity contribution >= 4 is 30.7 Å².